The van der Waals surface area contributed by atoms with Crippen LogP contribution in [0.15, 0.2) is 36.5 Å². The molecule has 2 aromatic heterocycles. The van der Waals surface area contributed by atoms with Gasteiger partial charge in [0.05, 0.1) is 11.6 Å². The summed E-state index contributed by atoms with van der Waals surface area (Å²) >= 11 is 6.52. The molecule has 0 bridgehead atoms. The Kier molecular flexibility index (Phi) is 6.34. The average Bonchev–Trinajstić information content (AvgIpc) is 3.44. The van der Waals surface area contributed by atoms with Crippen molar-refractivity contribution in [3.05, 3.63) is 58.4 Å². The Labute approximate surface area is 206 Å². The van der Waals surface area contributed by atoms with Crippen LogP contribution in [0.25, 0.3) is 11.4 Å². The maximum Gasteiger partial charge on any atom is 0.354 e. The Balaban J connectivity index is 1.53. The number of nitrogens with zero attached hydrogens (tertiary/aromatic N) is 3. The lowest BCUT2D eigenvalue weighted by atomic mass is 9.82. The molecule has 1 aliphatic carbocycles. The van der Waals surface area contributed by atoms with Crippen LogP contribution >= 0.6 is 11.6 Å². The summed E-state index contributed by atoms with van der Waals surface area (Å²) in [5, 5.41) is 24.7. The van der Waals surface area contributed by atoms with E-state index < -0.39 is 11.9 Å². The third-order valence-corrected chi connectivity index (χ3v) is 7.05. The van der Waals surface area contributed by atoms with E-state index in [1.54, 1.807) is 30.5 Å². The molecule has 1 fully saturated rings. The van der Waals surface area contributed by atoms with E-state index in [1.807, 2.05) is 6.07 Å². The quantitative estimate of drug-likeness (QED) is 0.488. The zero-order valence-corrected chi connectivity index (χ0v) is 19.6. The van der Waals surface area contributed by atoms with Crippen LogP contribution in [0, 0.1) is 11.8 Å². The fourth-order valence-corrected chi connectivity index (χ4v) is 5.09. The number of benzene rings is 1. The van der Waals surface area contributed by atoms with Gasteiger partial charge in [0.2, 0.25) is 6.79 Å². The van der Waals surface area contributed by atoms with Gasteiger partial charge in [-0.05, 0) is 55.4 Å². The lowest BCUT2D eigenvalue weighted by molar-refractivity contribution is -0.143. The predicted octanol–water partition coefficient (Wildman–Crippen LogP) is 4.51. The number of aromatic carboxylic acids is 1. The highest BCUT2D eigenvalue weighted by molar-refractivity contribution is 6.31. The van der Waals surface area contributed by atoms with Crippen molar-refractivity contribution in [2.24, 2.45) is 11.8 Å². The molecule has 35 heavy (non-hydrogen) atoms. The van der Waals surface area contributed by atoms with Gasteiger partial charge in [0.25, 0.3) is 0 Å². The normalized spacial score (nSPS) is 19.0. The molecule has 3 aromatic rings. The topological polar surface area (TPSA) is 124 Å². The second-order valence-electron chi connectivity index (χ2n) is 8.91. The van der Waals surface area contributed by atoms with Gasteiger partial charge < -0.3 is 19.7 Å². The summed E-state index contributed by atoms with van der Waals surface area (Å²) in [6, 6.07) is 8.84. The van der Waals surface area contributed by atoms with Crippen molar-refractivity contribution in [1.82, 2.24) is 14.8 Å². The number of hydrogen-bond acceptors (Lipinski definition) is 6. The van der Waals surface area contributed by atoms with Crippen LogP contribution in [0.4, 0.5) is 0 Å². The number of halogens is 1. The van der Waals surface area contributed by atoms with Crippen LogP contribution < -0.4 is 9.47 Å². The molecule has 0 radical (unpaired) electrons. The zero-order chi connectivity index (χ0) is 24.5. The highest BCUT2D eigenvalue weighted by Gasteiger charge is 2.30. The molecule has 10 heteroatoms. The standard InChI is InChI=1S/C25H24ClN3O6/c26-18-11-21-20(34-13-35-21)10-16(18)9-17-22(19-3-1-2-8-27-19)28-29(23(17)25(32)33)12-14-4-6-15(7-5-14)24(30)31/h1-3,8,10-11,14-15H,4-7,9,12-13H2,(H,30,31)(H,32,33). The monoisotopic (exact) mass is 497 g/mol. The van der Waals surface area contributed by atoms with Crippen LogP contribution in [0.2, 0.25) is 5.02 Å². The molecule has 3 heterocycles. The average molecular weight is 498 g/mol. The van der Waals surface area contributed by atoms with Gasteiger partial charge in [0.1, 0.15) is 5.69 Å². The zero-order valence-electron chi connectivity index (χ0n) is 18.8. The fourth-order valence-electron chi connectivity index (χ4n) is 4.87. The molecule has 5 rings (SSSR count). The van der Waals surface area contributed by atoms with Crippen LogP contribution in [-0.4, -0.2) is 43.7 Å². The molecule has 1 saturated carbocycles. The van der Waals surface area contributed by atoms with Crippen molar-refractivity contribution in [3.8, 4) is 22.9 Å². The maximum absolute atomic E-state index is 12.5. The number of aliphatic carboxylic acids is 1. The number of ether oxygens (including phenoxy) is 2. The molecule has 0 atom stereocenters. The molecule has 2 N–H and O–H groups in total. The summed E-state index contributed by atoms with van der Waals surface area (Å²) in [5.74, 6) is -0.948. The highest BCUT2D eigenvalue weighted by Crippen LogP contribution is 2.39. The van der Waals surface area contributed by atoms with E-state index >= 15 is 0 Å². The van der Waals surface area contributed by atoms with Gasteiger partial charge >= 0.3 is 11.9 Å². The van der Waals surface area contributed by atoms with E-state index in [0.29, 0.717) is 71.3 Å². The van der Waals surface area contributed by atoms with Gasteiger partial charge in [-0.3, -0.25) is 14.5 Å². The van der Waals surface area contributed by atoms with Crippen LogP contribution in [0.5, 0.6) is 11.5 Å². The third kappa shape index (κ3) is 4.68. The van der Waals surface area contributed by atoms with Gasteiger partial charge in [0, 0.05) is 35.8 Å². The first kappa shape index (κ1) is 23.2. The third-order valence-electron chi connectivity index (χ3n) is 6.70. The van der Waals surface area contributed by atoms with E-state index in [-0.39, 0.29) is 30.7 Å². The summed E-state index contributed by atoms with van der Waals surface area (Å²) in [4.78, 5) is 28.2. The van der Waals surface area contributed by atoms with Crippen LogP contribution in [-0.2, 0) is 17.8 Å². The number of hydrogen-bond donors (Lipinski definition) is 2. The summed E-state index contributed by atoms with van der Waals surface area (Å²) in [6.07, 6.45) is 4.43. The molecule has 182 valence electrons. The van der Waals surface area contributed by atoms with E-state index in [1.165, 1.54) is 4.68 Å². The van der Waals surface area contributed by atoms with Crippen molar-refractivity contribution in [2.75, 3.05) is 6.79 Å². The SMILES string of the molecule is O=C(O)c1c(Cc2cc3c(cc2Cl)OCO3)c(-c2ccccn2)nn1CC1CCC(C(=O)O)CC1. The number of carboxylic acids is 2. The second-order valence-corrected chi connectivity index (χ2v) is 9.31. The van der Waals surface area contributed by atoms with Gasteiger partial charge in [0.15, 0.2) is 17.2 Å². The highest BCUT2D eigenvalue weighted by atomic mass is 35.5. The molecule has 1 aromatic carbocycles. The van der Waals surface area contributed by atoms with E-state index in [0.717, 1.165) is 0 Å². The van der Waals surface area contributed by atoms with E-state index in [2.05, 4.69) is 4.98 Å². The summed E-state index contributed by atoms with van der Waals surface area (Å²) < 4.78 is 12.4. The first-order valence-electron chi connectivity index (χ1n) is 11.5. The Bertz CT molecular complexity index is 1270. The molecule has 0 unspecified atom stereocenters. The van der Waals surface area contributed by atoms with E-state index in [4.69, 9.17) is 26.2 Å². The molecule has 0 spiro atoms. The molecule has 0 amide bonds. The lowest BCUT2D eigenvalue weighted by Crippen LogP contribution is -2.25. The molecular weight excluding hydrogens is 474 g/mol. The Hall–Kier alpha value is -3.59. The molecule has 2 aliphatic rings. The Morgan fingerprint density at radius 3 is 2.49 bits per heavy atom. The van der Waals surface area contributed by atoms with Gasteiger partial charge in [-0.15, -0.1) is 0 Å². The van der Waals surface area contributed by atoms with Crippen LogP contribution in [0.3, 0.4) is 0 Å². The van der Waals surface area contributed by atoms with Crippen molar-refractivity contribution in [2.45, 2.75) is 38.6 Å². The van der Waals surface area contributed by atoms with Crippen molar-refractivity contribution in [3.63, 3.8) is 0 Å². The van der Waals surface area contributed by atoms with Crippen LogP contribution in [0.1, 0.15) is 47.3 Å². The molecule has 1 aliphatic heterocycles. The number of rotatable bonds is 7. The lowest BCUT2D eigenvalue weighted by Gasteiger charge is -2.26. The number of carbonyl (C=O) groups is 2. The Morgan fingerprint density at radius 2 is 1.83 bits per heavy atom. The largest absolute Gasteiger partial charge is 0.481 e. The molecular formula is C25H24ClN3O6. The van der Waals surface area contributed by atoms with Gasteiger partial charge in [-0.25, -0.2) is 4.79 Å². The predicted molar refractivity (Wildman–Crippen MR) is 126 cm³/mol. The second kappa shape index (κ2) is 9.58. The molecule has 0 saturated heterocycles. The Morgan fingerprint density at radius 1 is 1.09 bits per heavy atom. The summed E-state index contributed by atoms with van der Waals surface area (Å²) in [6.45, 7) is 0.499. The first-order chi connectivity index (χ1) is 16.9. The summed E-state index contributed by atoms with van der Waals surface area (Å²) in [7, 11) is 0. The van der Waals surface area contributed by atoms with E-state index in [9.17, 15) is 19.8 Å². The minimum absolute atomic E-state index is 0.0831. The fraction of sp³-hybridized carbons (Fsp3) is 0.360. The van der Waals surface area contributed by atoms with Gasteiger partial charge in [-0.1, -0.05) is 17.7 Å². The van der Waals surface area contributed by atoms with Crippen molar-refractivity contribution in [1.29, 1.82) is 0 Å². The smallest absolute Gasteiger partial charge is 0.354 e. The van der Waals surface area contributed by atoms with Crippen molar-refractivity contribution < 1.29 is 29.3 Å². The number of carboxylic acid groups (broad SMARTS) is 2. The van der Waals surface area contributed by atoms with Gasteiger partial charge in [-0.2, -0.15) is 5.10 Å². The van der Waals surface area contributed by atoms with Crippen molar-refractivity contribution >= 4 is 23.5 Å². The summed E-state index contributed by atoms with van der Waals surface area (Å²) in [5.41, 5.74) is 2.33. The minimum Gasteiger partial charge on any atom is -0.481 e. The maximum atomic E-state index is 12.5. The molecule has 9 nitrogen and oxygen atoms in total. The minimum atomic E-state index is -1.09. The number of aromatic nitrogens is 3. The number of pyridine rings is 1. The first-order valence-corrected chi connectivity index (χ1v) is 11.8. The number of fused-ring (bicyclic) bond motifs is 1.